The summed E-state index contributed by atoms with van der Waals surface area (Å²) in [5, 5.41) is 0. The van der Waals surface area contributed by atoms with Crippen LogP contribution in [0.25, 0.3) is 0 Å². The molecule has 70 valence electrons. The zero-order valence-electron chi connectivity index (χ0n) is 8.13. The Hall–Kier alpha value is -0.370. The average molecular weight is 168 g/mol. The Morgan fingerprint density at radius 2 is 2.00 bits per heavy atom. The molecule has 0 aromatic heterocycles. The molecular weight excluding hydrogens is 148 g/mol. The van der Waals surface area contributed by atoms with Crippen molar-refractivity contribution >= 4 is 6.21 Å². The molecule has 1 rings (SSSR count). The highest BCUT2D eigenvalue weighted by molar-refractivity contribution is 5.53. The smallest absolute Gasteiger partial charge is 0.0397 e. The van der Waals surface area contributed by atoms with Crippen molar-refractivity contribution in [3.05, 3.63) is 0 Å². The fraction of sp³-hybridized carbons (Fsp3) is 0.900. The van der Waals surface area contributed by atoms with Gasteiger partial charge in [-0.05, 0) is 52.0 Å². The zero-order chi connectivity index (χ0) is 8.65. The van der Waals surface area contributed by atoms with E-state index in [0.29, 0.717) is 0 Å². The molecule has 0 amide bonds. The van der Waals surface area contributed by atoms with Gasteiger partial charge in [0, 0.05) is 6.54 Å². The molecule has 1 fully saturated rings. The number of rotatable bonds is 4. The lowest BCUT2D eigenvalue weighted by molar-refractivity contribution is 0.228. The SMILES string of the molecule is CC=NCCCN1CCCCC1. The summed E-state index contributed by atoms with van der Waals surface area (Å²) in [6.45, 7) is 6.87. The van der Waals surface area contributed by atoms with Gasteiger partial charge in [0.05, 0.1) is 0 Å². The van der Waals surface area contributed by atoms with Gasteiger partial charge in [-0.1, -0.05) is 6.42 Å². The highest BCUT2D eigenvalue weighted by Gasteiger charge is 2.08. The van der Waals surface area contributed by atoms with Gasteiger partial charge in [-0.3, -0.25) is 4.99 Å². The molecule has 0 aliphatic carbocycles. The van der Waals surface area contributed by atoms with E-state index in [1.54, 1.807) is 0 Å². The van der Waals surface area contributed by atoms with Crippen molar-refractivity contribution in [3.8, 4) is 0 Å². The third-order valence-corrected chi connectivity index (χ3v) is 2.39. The van der Waals surface area contributed by atoms with Crippen LogP contribution in [-0.4, -0.2) is 37.3 Å². The first-order valence-electron chi connectivity index (χ1n) is 5.10. The second-order valence-corrected chi connectivity index (χ2v) is 3.42. The summed E-state index contributed by atoms with van der Waals surface area (Å²) in [5.74, 6) is 0. The number of nitrogens with zero attached hydrogens (tertiary/aromatic N) is 2. The highest BCUT2D eigenvalue weighted by atomic mass is 15.1. The Balaban J connectivity index is 1.97. The molecule has 0 N–H and O–H groups in total. The van der Waals surface area contributed by atoms with E-state index in [-0.39, 0.29) is 0 Å². The van der Waals surface area contributed by atoms with Crippen molar-refractivity contribution in [2.75, 3.05) is 26.2 Å². The average Bonchev–Trinajstić information content (AvgIpc) is 2.14. The molecule has 0 atom stereocenters. The van der Waals surface area contributed by atoms with E-state index in [1.165, 1.54) is 45.3 Å². The van der Waals surface area contributed by atoms with E-state index in [9.17, 15) is 0 Å². The molecule has 0 bridgehead atoms. The Bertz CT molecular complexity index is 126. The van der Waals surface area contributed by atoms with E-state index < -0.39 is 0 Å². The minimum atomic E-state index is 1.01. The van der Waals surface area contributed by atoms with Crippen LogP contribution in [0.3, 0.4) is 0 Å². The molecule has 1 aliphatic rings. The van der Waals surface area contributed by atoms with Crippen LogP contribution in [0.4, 0.5) is 0 Å². The van der Waals surface area contributed by atoms with Gasteiger partial charge in [0.2, 0.25) is 0 Å². The number of likely N-dealkylation sites (tertiary alicyclic amines) is 1. The van der Waals surface area contributed by atoms with Gasteiger partial charge >= 0.3 is 0 Å². The first kappa shape index (κ1) is 9.72. The maximum absolute atomic E-state index is 4.20. The Morgan fingerprint density at radius 1 is 1.25 bits per heavy atom. The monoisotopic (exact) mass is 168 g/mol. The number of hydrogen-bond donors (Lipinski definition) is 0. The predicted octanol–water partition coefficient (Wildman–Crippen LogP) is 1.95. The Morgan fingerprint density at radius 3 is 2.67 bits per heavy atom. The molecule has 2 nitrogen and oxygen atoms in total. The molecule has 0 spiro atoms. The second-order valence-electron chi connectivity index (χ2n) is 3.42. The molecule has 1 heterocycles. The lowest BCUT2D eigenvalue weighted by atomic mass is 10.1. The van der Waals surface area contributed by atoms with Crippen LogP contribution in [-0.2, 0) is 0 Å². The van der Waals surface area contributed by atoms with Crippen molar-refractivity contribution in [1.29, 1.82) is 0 Å². The first-order chi connectivity index (χ1) is 5.93. The van der Waals surface area contributed by atoms with Gasteiger partial charge in [0.25, 0.3) is 0 Å². The minimum Gasteiger partial charge on any atom is -0.303 e. The molecule has 0 unspecified atom stereocenters. The van der Waals surface area contributed by atoms with Crippen LogP contribution in [0, 0.1) is 0 Å². The van der Waals surface area contributed by atoms with E-state index >= 15 is 0 Å². The van der Waals surface area contributed by atoms with Crippen LogP contribution < -0.4 is 0 Å². The third-order valence-electron chi connectivity index (χ3n) is 2.39. The number of aliphatic imine (C=N–C) groups is 1. The van der Waals surface area contributed by atoms with Crippen molar-refractivity contribution in [2.45, 2.75) is 32.6 Å². The first-order valence-corrected chi connectivity index (χ1v) is 5.10. The summed E-state index contributed by atoms with van der Waals surface area (Å²) >= 11 is 0. The van der Waals surface area contributed by atoms with E-state index in [4.69, 9.17) is 0 Å². The van der Waals surface area contributed by atoms with Crippen LogP contribution >= 0.6 is 0 Å². The third kappa shape index (κ3) is 3.86. The van der Waals surface area contributed by atoms with Crippen molar-refractivity contribution in [2.24, 2.45) is 4.99 Å². The quantitative estimate of drug-likeness (QED) is 0.463. The molecule has 0 aromatic rings. The Labute approximate surface area is 75.7 Å². The largest absolute Gasteiger partial charge is 0.303 e. The van der Waals surface area contributed by atoms with Crippen molar-refractivity contribution in [3.63, 3.8) is 0 Å². The van der Waals surface area contributed by atoms with Crippen LogP contribution in [0.15, 0.2) is 4.99 Å². The molecule has 1 aliphatic heterocycles. The molecule has 0 saturated carbocycles. The van der Waals surface area contributed by atoms with Gasteiger partial charge in [-0.15, -0.1) is 0 Å². The lowest BCUT2D eigenvalue weighted by Gasteiger charge is -2.25. The van der Waals surface area contributed by atoms with Crippen LogP contribution in [0.1, 0.15) is 32.6 Å². The van der Waals surface area contributed by atoms with Gasteiger partial charge < -0.3 is 4.90 Å². The zero-order valence-corrected chi connectivity index (χ0v) is 8.13. The molecule has 0 aromatic carbocycles. The van der Waals surface area contributed by atoms with Crippen molar-refractivity contribution < 1.29 is 0 Å². The van der Waals surface area contributed by atoms with E-state index in [1.807, 2.05) is 13.1 Å². The molecule has 2 heteroatoms. The second kappa shape index (κ2) is 6.18. The molecule has 1 saturated heterocycles. The molecular formula is C10H20N2. The number of hydrogen-bond acceptors (Lipinski definition) is 2. The highest BCUT2D eigenvalue weighted by Crippen LogP contribution is 2.08. The van der Waals surface area contributed by atoms with Crippen LogP contribution in [0.5, 0.6) is 0 Å². The lowest BCUT2D eigenvalue weighted by Crippen LogP contribution is -2.30. The summed E-state index contributed by atoms with van der Waals surface area (Å²) < 4.78 is 0. The summed E-state index contributed by atoms with van der Waals surface area (Å²) in [6.07, 6.45) is 7.36. The van der Waals surface area contributed by atoms with Gasteiger partial charge in [-0.25, -0.2) is 0 Å². The summed E-state index contributed by atoms with van der Waals surface area (Å²) in [7, 11) is 0. The fourth-order valence-electron chi connectivity index (χ4n) is 1.70. The van der Waals surface area contributed by atoms with Crippen LogP contribution in [0.2, 0.25) is 0 Å². The topological polar surface area (TPSA) is 15.6 Å². The van der Waals surface area contributed by atoms with Gasteiger partial charge in [0.1, 0.15) is 0 Å². The normalized spacial score (nSPS) is 20.4. The van der Waals surface area contributed by atoms with E-state index in [0.717, 1.165) is 6.54 Å². The molecule has 12 heavy (non-hydrogen) atoms. The maximum Gasteiger partial charge on any atom is 0.0397 e. The fourth-order valence-corrected chi connectivity index (χ4v) is 1.70. The number of piperidine rings is 1. The minimum absolute atomic E-state index is 1.01. The van der Waals surface area contributed by atoms with Crippen molar-refractivity contribution in [1.82, 2.24) is 4.90 Å². The summed E-state index contributed by atoms with van der Waals surface area (Å²) in [6, 6.07) is 0. The summed E-state index contributed by atoms with van der Waals surface area (Å²) in [4.78, 5) is 6.77. The van der Waals surface area contributed by atoms with Gasteiger partial charge in [0.15, 0.2) is 0 Å². The maximum atomic E-state index is 4.20. The summed E-state index contributed by atoms with van der Waals surface area (Å²) in [5.41, 5.74) is 0. The van der Waals surface area contributed by atoms with Gasteiger partial charge in [-0.2, -0.15) is 0 Å². The Kier molecular flexibility index (Phi) is 5.00. The standard InChI is InChI=1S/C10H20N2/c1-2-11-7-6-10-12-8-4-3-5-9-12/h2H,3-10H2,1H3. The van der Waals surface area contributed by atoms with E-state index in [2.05, 4.69) is 9.89 Å². The predicted molar refractivity (Wildman–Crippen MR) is 53.9 cm³/mol. The molecule has 0 radical (unpaired) electrons.